The molecule has 1 amide bonds. The number of hydrogen-bond donors (Lipinski definition) is 1. The van der Waals surface area contributed by atoms with Gasteiger partial charge < -0.3 is 29.3 Å². The van der Waals surface area contributed by atoms with E-state index in [0.717, 1.165) is 60.6 Å². The molecule has 2 aliphatic rings. The highest BCUT2D eigenvalue weighted by atomic mass is 16.6. The van der Waals surface area contributed by atoms with Gasteiger partial charge in [-0.05, 0) is 59.1 Å². The monoisotopic (exact) mass is 525 g/mol. The van der Waals surface area contributed by atoms with E-state index < -0.39 is 5.60 Å². The molecule has 0 bridgehead atoms. The highest BCUT2D eigenvalue weighted by molar-refractivity contribution is 5.76. The number of aromatic nitrogens is 2. The van der Waals surface area contributed by atoms with Crippen molar-refractivity contribution in [1.29, 1.82) is 0 Å². The van der Waals surface area contributed by atoms with Gasteiger partial charge in [-0.15, -0.1) is 0 Å². The van der Waals surface area contributed by atoms with Crippen molar-refractivity contribution < 1.29 is 19.0 Å². The first-order valence-electron chi connectivity index (χ1n) is 13.6. The molecule has 1 atom stereocenters. The summed E-state index contributed by atoms with van der Waals surface area (Å²) in [7, 11) is 0. The average Bonchev–Trinajstić information content (AvgIpc) is 3.29. The van der Waals surface area contributed by atoms with Gasteiger partial charge in [0.25, 0.3) is 0 Å². The third kappa shape index (κ3) is 6.88. The number of carbonyl (C=O) groups excluding carboxylic acids is 1. The summed E-state index contributed by atoms with van der Waals surface area (Å²) in [5.74, 6) is 0.640. The number of nitrogens with zero attached hydrogens (tertiary/aromatic N) is 4. The molecule has 9 nitrogen and oxygen atoms in total. The second-order valence-corrected chi connectivity index (χ2v) is 11.3. The van der Waals surface area contributed by atoms with Crippen LogP contribution in [0, 0.1) is 0 Å². The molecule has 4 rings (SSSR count). The highest BCUT2D eigenvalue weighted by Gasteiger charge is 2.30. The molecule has 0 radical (unpaired) electrons. The van der Waals surface area contributed by atoms with Gasteiger partial charge in [0.2, 0.25) is 0 Å². The minimum atomic E-state index is -0.496. The number of ether oxygens (including phenoxy) is 3. The fourth-order valence-corrected chi connectivity index (χ4v) is 5.01. The van der Waals surface area contributed by atoms with Gasteiger partial charge in [0.15, 0.2) is 5.65 Å². The van der Waals surface area contributed by atoms with Gasteiger partial charge in [0.05, 0.1) is 43.4 Å². The smallest absolute Gasteiger partial charge is 0.410 e. The zero-order valence-electron chi connectivity index (χ0n) is 23.6. The van der Waals surface area contributed by atoms with Crippen LogP contribution >= 0.6 is 0 Å². The summed E-state index contributed by atoms with van der Waals surface area (Å²) in [5.41, 5.74) is 4.19. The summed E-state index contributed by atoms with van der Waals surface area (Å²) in [6, 6.07) is 2.40. The molecule has 4 heterocycles. The quantitative estimate of drug-likeness (QED) is 0.492. The molecule has 38 heavy (non-hydrogen) atoms. The Morgan fingerprint density at radius 3 is 2.63 bits per heavy atom. The fraction of sp³-hybridized carbons (Fsp3) is 0.586. The lowest BCUT2D eigenvalue weighted by Crippen LogP contribution is -2.52. The Morgan fingerprint density at radius 1 is 1.24 bits per heavy atom. The Kier molecular flexibility index (Phi) is 8.67. The van der Waals surface area contributed by atoms with Crippen LogP contribution < -0.4 is 5.32 Å². The first-order valence-corrected chi connectivity index (χ1v) is 13.6. The number of amides is 1. The van der Waals surface area contributed by atoms with E-state index in [0.29, 0.717) is 38.1 Å². The van der Waals surface area contributed by atoms with Crippen LogP contribution in [-0.4, -0.2) is 89.0 Å². The number of morpholine rings is 1. The summed E-state index contributed by atoms with van der Waals surface area (Å²) in [4.78, 5) is 21.4. The molecule has 2 aliphatic heterocycles. The number of imidazole rings is 1. The van der Waals surface area contributed by atoms with Crippen LogP contribution in [0.3, 0.4) is 0 Å². The molecular weight excluding hydrogens is 482 g/mol. The Morgan fingerprint density at radius 2 is 1.97 bits per heavy atom. The molecule has 0 aromatic carbocycles. The van der Waals surface area contributed by atoms with Crippen LogP contribution in [0.25, 0.3) is 17.0 Å². The lowest BCUT2D eigenvalue weighted by molar-refractivity contribution is -0.0538. The van der Waals surface area contributed by atoms with E-state index in [1.54, 1.807) is 4.90 Å². The van der Waals surface area contributed by atoms with E-state index in [2.05, 4.69) is 38.8 Å². The summed E-state index contributed by atoms with van der Waals surface area (Å²) in [5, 5.41) is 3.74. The Balaban J connectivity index is 1.37. The zero-order valence-corrected chi connectivity index (χ0v) is 23.6. The standard InChI is InChI=1S/C29H43N5O4/c1-8-36-21(4)22-15-25(27-30-16-26(20(2)3)34(27)17-22)31-23-9-11-32(12-10-23)18-24-19-33(13-14-37-24)28(35)38-29(5,6)7/h15-17,23-24,31H,2,4,8-14,18-19H2,1,3,5-7H3/t24-/m1/s1. The number of fused-ring (bicyclic) bond motifs is 1. The minimum absolute atomic E-state index is 0.00727. The zero-order chi connectivity index (χ0) is 27.4. The van der Waals surface area contributed by atoms with Crippen molar-refractivity contribution in [3.63, 3.8) is 0 Å². The van der Waals surface area contributed by atoms with Gasteiger partial charge in [-0.25, -0.2) is 9.78 Å². The summed E-state index contributed by atoms with van der Waals surface area (Å²) >= 11 is 0. The summed E-state index contributed by atoms with van der Waals surface area (Å²) in [6.45, 7) is 22.8. The first-order chi connectivity index (χ1) is 18.0. The summed E-state index contributed by atoms with van der Waals surface area (Å²) in [6.07, 6.45) is 5.61. The van der Waals surface area contributed by atoms with Crippen molar-refractivity contribution in [3.8, 4) is 0 Å². The highest BCUT2D eigenvalue weighted by Crippen LogP contribution is 2.28. The van der Waals surface area contributed by atoms with Gasteiger partial charge in [-0.1, -0.05) is 13.2 Å². The van der Waals surface area contributed by atoms with E-state index in [1.165, 1.54) is 0 Å². The molecule has 2 saturated heterocycles. The van der Waals surface area contributed by atoms with E-state index in [1.807, 2.05) is 47.0 Å². The van der Waals surface area contributed by atoms with Gasteiger partial charge in [0.1, 0.15) is 11.4 Å². The SMILES string of the molecule is C=C(OCC)c1cc(NC2CCN(C[C@@H]3CN(C(=O)OC(C)(C)C)CCO3)CC2)c2ncc(C(=C)C)n2c1. The second kappa shape index (κ2) is 11.8. The molecule has 2 fully saturated rings. The van der Waals surface area contributed by atoms with Gasteiger partial charge in [-0.3, -0.25) is 4.40 Å². The third-order valence-corrected chi connectivity index (χ3v) is 6.88. The number of rotatable bonds is 8. The number of allylic oxidation sites excluding steroid dienone is 1. The van der Waals surface area contributed by atoms with Crippen molar-refractivity contribution in [1.82, 2.24) is 19.2 Å². The molecular formula is C29H43N5O4. The van der Waals surface area contributed by atoms with Crippen LogP contribution in [0.2, 0.25) is 0 Å². The predicted octanol–water partition coefficient (Wildman–Crippen LogP) is 4.89. The lowest BCUT2D eigenvalue weighted by Gasteiger charge is -2.38. The normalized spacial score (nSPS) is 19.4. The Labute approximate surface area is 226 Å². The summed E-state index contributed by atoms with van der Waals surface area (Å²) < 4.78 is 19.3. The number of carbonyl (C=O) groups is 1. The second-order valence-electron chi connectivity index (χ2n) is 11.3. The van der Waals surface area contributed by atoms with Crippen LogP contribution in [0.1, 0.15) is 58.7 Å². The van der Waals surface area contributed by atoms with E-state index >= 15 is 0 Å². The number of likely N-dealkylation sites (tertiary alicyclic amines) is 1. The fourth-order valence-electron chi connectivity index (χ4n) is 5.01. The van der Waals surface area contributed by atoms with Gasteiger partial charge in [-0.2, -0.15) is 0 Å². The van der Waals surface area contributed by atoms with E-state index in [9.17, 15) is 4.79 Å². The molecule has 9 heteroatoms. The van der Waals surface area contributed by atoms with Crippen molar-refractivity contribution >= 4 is 28.8 Å². The number of hydrogen-bond acceptors (Lipinski definition) is 7. The molecule has 0 aliphatic carbocycles. The molecule has 0 saturated carbocycles. The maximum atomic E-state index is 12.5. The number of piperidine rings is 1. The van der Waals surface area contributed by atoms with Crippen molar-refractivity contribution in [2.45, 2.75) is 65.2 Å². The number of pyridine rings is 1. The predicted molar refractivity (Wildman–Crippen MR) is 151 cm³/mol. The molecule has 1 N–H and O–H groups in total. The Bertz CT molecular complexity index is 1160. The van der Waals surface area contributed by atoms with Gasteiger partial charge >= 0.3 is 6.09 Å². The molecule has 2 aromatic heterocycles. The number of anilines is 1. The molecule has 2 aromatic rings. The van der Waals surface area contributed by atoms with Crippen LogP contribution in [0.4, 0.5) is 10.5 Å². The molecule has 208 valence electrons. The van der Waals surface area contributed by atoms with Crippen molar-refractivity contribution in [3.05, 3.63) is 42.9 Å². The maximum absolute atomic E-state index is 12.5. The van der Waals surface area contributed by atoms with Crippen LogP contribution in [0.15, 0.2) is 31.6 Å². The molecule has 0 spiro atoms. The van der Waals surface area contributed by atoms with Crippen LogP contribution in [-0.2, 0) is 14.2 Å². The molecule has 0 unspecified atom stereocenters. The topological polar surface area (TPSA) is 80.6 Å². The van der Waals surface area contributed by atoms with Crippen molar-refractivity contribution in [2.24, 2.45) is 0 Å². The lowest BCUT2D eigenvalue weighted by atomic mass is 10.0. The van der Waals surface area contributed by atoms with Crippen molar-refractivity contribution in [2.75, 3.05) is 51.3 Å². The largest absolute Gasteiger partial charge is 0.494 e. The average molecular weight is 526 g/mol. The number of nitrogens with one attached hydrogen (secondary N) is 1. The van der Waals surface area contributed by atoms with Crippen LogP contribution in [0.5, 0.6) is 0 Å². The first kappa shape index (κ1) is 28.0. The van der Waals surface area contributed by atoms with E-state index in [-0.39, 0.29) is 12.2 Å². The third-order valence-electron chi connectivity index (χ3n) is 6.88. The minimum Gasteiger partial charge on any atom is -0.494 e. The Hall–Kier alpha value is -3.04. The maximum Gasteiger partial charge on any atom is 0.410 e. The van der Waals surface area contributed by atoms with E-state index in [4.69, 9.17) is 14.2 Å². The van der Waals surface area contributed by atoms with Gasteiger partial charge in [0, 0.05) is 44.0 Å².